The predicted octanol–water partition coefficient (Wildman–Crippen LogP) is 2.06. The maximum atomic E-state index is 5.80. The van der Waals surface area contributed by atoms with Crippen molar-refractivity contribution in [3.8, 4) is 0 Å². The average molecular weight is 231 g/mol. The number of nitrogen functional groups attached to an aromatic ring is 1. The lowest BCUT2D eigenvalue weighted by Gasteiger charge is -2.26. The molecular weight excluding hydrogens is 214 g/mol. The van der Waals surface area contributed by atoms with Crippen LogP contribution in [0.3, 0.4) is 0 Å². The van der Waals surface area contributed by atoms with Gasteiger partial charge in [-0.25, -0.2) is 9.97 Å². The van der Waals surface area contributed by atoms with E-state index in [9.17, 15) is 0 Å². The normalized spacial score (nSPS) is 18.6. The van der Waals surface area contributed by atoms with Crippen molar-refractivity contribution in [2.75, 3.05) is 11.1 Å². The molecule has 0 spiro atoms. The smallest absolute Gasteiger partial charge is 0.180 e. The van der Waals surface area contributed by atoms with Gasteiger partial charge < -0.3 is 15.5 Å². The van der Waals surface area contributed by atoms with Crippen molar-refractivity contribution in [2.24, 2.45) is 0 Å². The first kappa shape index (κ1) is 10.4. The Morgan fingerprint density at radius 1 is 1.41 bits per heavy atom. The van der Waals surface area contributed by atoms with E-state index < -0.39 is 0 Å². The van der Waals surface area contributed by atoms with Crippen molar-refractivity contribution in [2.45, 2.75) is 38.1 Å². The summed E-state index contributed by atoms with van der Waals surface area (Å²) in [5.74, 6) is 1.30. The Hall–Kier alpha value is -1.78. The van der Waals surface area contributed by atoms with Crippen molar-refractivity contribution < 1.29 is 0 Å². The number of hydrogen-bond acceptors (Lipinski definition) is 4. The summed E-state index contributed by atoms with van der Waals surface area (Å²) in [6.45, 7) is 2.24. The van der Waals surface area contributed by atoms with Crippen LogP contribution in [0.15, 0.2) is 18.6 Å². The third kappa shape index (κ3) is 1.81. The van der Waals surface area contributed by atoms with E-state index >= 15 is 0 Å². The summed E-state index contributed by atoms with van der Waals surface area (Å²) in [6.07, 6.45) is 10.3. The molecule has 90 valence electrons. The van der Waals surface area contributed by atoms with E-state index in [-0.39, 0.29) is 5.54 Å². The van der Waals surface area contributed by atoms with Crippen LogP contribution in [0.4, 0.5) is 11.6 Å². The number of anilines is 2. The number of hydrogen-bond donors (Lipinski definition) is 2. The van der Waals surface area contributed by atoms with E-state index in [0.29, 0.717) is 5.82 Å². The van der Waals surface area contributed by atoms with E-state index in [2.05, 4.69) is 22.2 Å². The van der Waals surface area contributed by atoms with Crippen LogP contribution in [-0.2, 0) is 0 Å². The summed E-state index contributed by atoms with van der Waals surface area (Å²) in [7, 11) is 0. The van der Waals surface area contributed by atoms with E-state index in [4.69, 9.17) is 5.73 Å². The molecule has 0 amide bonds. The van der Waals surface area contributed by atoms with Gasteiger partial charge in [0, 0.05) is 17.9 Å². The van der Waals surface area contributed by atoms with Crippen LogP contribution in [0.5, 0.6) is 0 Å². The second-order valence-electron chi connectivity index (χ2n) is 5.07. The van der Waals surface area contributed by atoms with Gasteiger partial charge in [0.15, 0.2) is 11.5 Å². The summed E-state index contributed by atoms with van der Waals surface area (Å²) < 4.78 is 1.91. The monoisotopic (exact) mass is 231 g/mol. The first-order chi connectivity index (χ1) is 8.16. The van der Waals surface area contributed by atoms with E-state index in [1.165, 1.54) is 25.7 Å². The second kappa shape index (κ2) is 3.61. The fourth-order valence-corrected chi connectivity index (χ4v) is 2.60. The van der Waals surface area contributed by atoms with E-state index in [1.54, 1.807) is 12.4 Å². The maximum absolute atomic E-state index is 5.80. The van der Waals surface area contributed by atoms with Crippen molar-refractivity contribution in [1.82, 2.24) is 14.4 Å². The highest BCUT2D eigenvalue weighted by molar-refractivity contribution is 5.65. The molecule has 0 unspecified atom stereocenters. The minimum atomic E-state index is 0.132. The summed E-state index contributed by atoms with van der Waals surface area (Å²) in [4.78, 5) is 8.68. The first-order valence-corrected chi connectivity index (χ1v) is 6.04. The molecule has 5 nitrogen and oxygen atoms in total. The molecule has 2 aromatic heterocycles. The summed E-state index contributed by atoms with van der Waals surface area (Å²) in [5.41, 5.74) is 6.77. The Kier molecular flexibility index (Phi) is 2.21. The second-order valence-corrected chi connectivity index (χ2v) is 5.07. The summed E-state index contributed by atoms with van der Waals surface area (Å²) >= 11 is 0. The van der Waals surface area contributed by atoms with Gasteiger partial charge >= 0.3 is 0 Å². The number of nitrogens with two attached hydrogens (primary N) is 1. The third-order valence-electron chi connectivity index (χ3n) is 3.52. The molecule has 3 rings (SSSR count). The molecule has 0 bridgehead atoms. The SMILES string of the molecule is CC1(Nc2nc(N)cn3ccnc23)CCCC1. The molecule has 0 radical (unpaired) electrons. The molecule has 0 saturated heterocycles. The van der Waals surface area contributed by atoms with Crippen molar-refractivity contribution in [1.29, 1.82) is 0 Å². The minimum absolute atomic E-state index is 0.132. The van der Waals surface area contributed by atoms with Crippen LogP contribution in [-0.4, -0.2) is 19.9 Å². The van der Waals surface area contributed by atoms with E-state index in [1.807, 2.05) is 10.6 Å². The quantitative estimate of drug-likeness (QED) is 0.830. The predicted molar refractivity (Wildman–Crippen MR) is 67.9 cm³/mol. The molecule has 1 fully saturated rings. The van der Waals surface area contributed by atoms with Gasteiger partial charge in [0.25, 0.3) is 0 Å². The summed E-state index contributed by atoms with van der Waals surface area (Å²) in [5, 5.41) is 3.51. The molecule has 2 aromatic rings. The fourth-order valence-electron chi connectivity index (χ4n) is 2.60. The Labute approximate surface area is 100 Å². The van der Waals surface area contributed by atoms with Gasteiger partial charge in [-0.3, -0.25) is 0 Å². The Bertz CT molecular complexity index is 539. The number of rotatable bonds is 2. The van der Waals surface area contributed by atoms with Gasteiger partial charge in [-0.05, 0) is 19.8 Å². The zero-order valence-corrected chi connectivity index (χ0v) is 9.98. The molecule has 1 aliphatic carbocycles. The van der Waals surface area contributed by atoms with Crippen LogP contribution >= 0.6 is 0 Å². The van der Waals surface area contributed by atoms with Gasteiger partial charge in [-0.15, -0.1) is 0 Å². The van der Waals surface area contributed by atoms with Crippen LogP contribution in [0.1, 0.15) is 32.6 Å². The van der Waals surface area contributed by atoms with E-state index in [0.717, 1.165) is 11.5 Å². The molecule has 2 heterocycles. The largest absolute Gasteiger partial charge is 0.382 e. The highest BCUT2D eigenvalue weighted by Gasteiger charge is 2.29. The molecule has 0 atom stereocenters. The van der Waals surface area contributed by atoms with Gasteiger partial charge in [0.05, 0.1) is 6.20 Å². The fraction of sp³-hybridized carbons (Fsp3) is 0.500. The van der Waals surface area contributed by atoms with Gasteiger partial charge in [0.2, 0.25) is 0 Å². The topological polar surface area (TPSA) is 68.2 Å². The van der Waals surface area contributed by atoms with Crippen molar-refractivity contribution in [3.63, 3.8) is 0 Å². The lowest BCUT2D eigenvalue weighted by Crippen LogP contribution is -2.31. The van der Waals surface area contributed by atoms with Crippen molar-refractivity contribution in [3.05, 3.63) is 18.6 Å². The standard InChI is InChI=1S/C12H17N5/c1-12(4-2-3-5-12)16-10-11-14-6-7-17(11)8-9(13)15-10/h6-8H,2-5,13H2,1H3,(H,15,16). The molecule has 17 heavy (non-hydrogen) atoms. The van der Waals surface area contributed by atoms with Gasteiger partial charge in [-0.1, -0.05) is 12.8 Å². The zero-order chi connectivity index (χ0) is 11.9. The number of nitrogens with zero attached hydrogens (tertiary/aromatic N) is 3. The molecule has 3 N–H and O–H groups in total. The Balaban J connectivity index is 2.01. The summed E-state index contributed by atoms with van der Waals surface area (Å²) in [6, 6.07) is 0. The van der Waals surface area contributed by atoms with Crippen LogP contribution in [0.25, 0.3) is 5.65 Å². The molecule has 0 aliphatic heterocycles. The Morgan fingerprint density at radius 2 is 2.18 bits per heavy atom. The van der Waals surface area contributed by atoms with Crippen LogP contribution < -0.4 is 11.1 Å². The van der Waals surface area contributed by atoms with Gasteiger partial charge in [0.1, 0.15) is 5.82 Å². The average Bonchev–Trinajstić information content (AvgIpc) is 2.86. The first-order valence-electron chi connectivity index (χ1n) is 6.04. The molecule has 0 aromatic carbocycles. The van der Waals surface area contributed by atoms with Crippen LogP contribution in [0, 0.1) is 0 Å². The maximum Gasteiger partial charge on any atom is 0.180 e. The zero-order valence-electron chi connectivity index (χ0n) is 9.98. The Morgan fingerprint density at radius 3 is 2.94 bits per heavy atom. The lowest BCUT2D eigenvalue weighted by atomic mass is 10.0. The minimum Gasteiger partial charge on any atom is -0.382 e. The number of aromatic nitrogens is 3. The highest BCUT2D eigenvalue weighted by atomic mass is 15.1. The third-order valence-corrected chi connectivity index (χ3v) is 3.52. The molecular formula is C12H17N5. The number of fused-ring (bicyclic) bond motifs is 1. The lowest BCUT2D eigenvalue weighted by molar-refractivity contribution is 0.531. The van der Waals surface area contributed by atoms with Crippen molar-refractivity contribution >= 4 is 17.3 Å². The molecule has 1 saturated carbocycles. The van der Waals surface area contributed by atoms with Crippen LogP contribution in [0.2, 0.25) is 0 Å². The number of imidazole rings is 1. The number of nitrogens with one attached hydrogen (secondary N) is 1. The highest BCUT2D eigenvalue weighted by Crippen LogP contribution is 2.33. The molecule has 1 aliphatic rings. The molecule has 5 heteroatoms. The van der Waals surface area contributed by atoms with Gasteiger partial charge in [-0.2, -0.15) is 0 Å².